The Hall–Kier alpha value is -5.34. The van der Waals surface area contributed by atoms with Crippen molar-refractivity contribution in [1.82, 2.24) is 0 Å². The Kier molecular flexibility index (Phi) is 5.01. The maximum Gasteiger partial charge on any atom is 0.242 e. The highest BCUT2D eigenvalue weighted by Gasteiger charge is 2.73. The van der Waals surface area contributed by atoms with Crippen molar-refractivity contribution in [3.63, 3.8) is 0 Å². The molecule has 4 atom stereocenters. The maximum absolute atomic E-state index is 14.7. The van der Waals surface area contributed by atoms with Gasteiger partial charge in [0, 0.05) is 33.0 Å². The molecule has 1 aliphatic heterocycles. The van der Waals surface area contributed by atoms with Gasteiger partial charge in [-0.2, -0.15) is 0 Å². The molecule has 6 aromatic carbocycles. The number of aromatic hydroxyl groups is 2. The van der Waals surface area contributed by atoms with Crippen LogP contribution in [0.1, 0.15) is 43.7 Å². The first-order valence-electron chi connectivity index (χ1n) is 14.7. The number of hydrogen-bond acceptors (Lipinski definition) is 7. The molecule has 0 spiro atoms. The number of ketones is 2. The van der Waals surface area contributed by atoms with E-state index in [1.165, 1.54) is 12.1 Å². The summed E-state index contributed by atoms with van der Waals surface area (Å²) >= 11 is 0. The number of phenolic OH excluding ortho intramolecular Hbond substituents is 2. The zero-order chi connectivity index (χ0) is 30.8. The molecule has 1 saturated heterocycles. The number of phenols is 2. The molecule has 1 heterocycles. The van der Waals surface area contributed by atoms with Crippen molar-refractivity contribution in [1.29, 1.82) is 0 Å². The Morgan fingerprint density at radius 2 is 0.889 bits per heavy atom. The second-order valence-electron chi connectivity index (χ2n) is 12.0. The molecule has 0 amide bonds. The normalized spacial score (nSPS) is 24.6. The number of benzene rings is 6. The molecule has 7 heteroatoms. The minimum absolute atomic E-state index is 0.114. The van der Waals surface area contributed by atoms with Gasteiger partial charge in [-0.3, -0.25) is 9.59 Å². The SMILES string of the molecule is O=C1c2c(-c3ccccc3)ccc3ccc(O)c(c23)[C@@H]2[C@@H]3c4c(O)ccc5ccc(-c6ccccc6)c(c45)C(=O)[C@@]3(O)O[C@@]12O. The third-order valence-corrected chi connectivity index (χ3v) is 9.79. The Bertz CT molecular complexity index is 2130. The lowest BCUT2D eigenvalue weighted by atomic mass is 9.63. The Morgan fingerprint density at radius 3 is 1.29 bits per heavy atom. The van der Waals surface area contributed by atoms with E-state index in [0.29, 0.717) is 43.8 Å². The highest BCUT2D eigenvalue weighted by Crippen LogP contribution is 2.66. The summed E-state index contributed by atoms with van der Waals surface area (Å²) in [5, 5.41) is 49.8. The summed E-state index contributed by atoms with van der Waals surface area (Å²) in [6.07, 6.45) is 0. The molecule has 2 aliphatic carbocycles. The lowest BCUT2D eigenvalue weighted by Crippen LogP contribution is -2.49. The van der Waals surface area contributed by atoms with Gasteiger partial charge in [0.2, 0.25) is 23.1 Å². The van der Waals surface area contributed by atoms with E-state index in [4.69, 9.17) is 4.74 Å². The van der Waals surface area contributed by atoms with Crippen LogP contribution in [0.15, 0.2) is 109 Å². The maximum atomic E-state index is 14.7. The summed E-state index contributed by atoms with van der Waals surface area (Å²) in [7, 11) is 0. The molecule has 4 N–H and O–H groups in total. The first-order chi connectivity index (χ1) is 21.7. The van der Waals surface area contributed by atoms with E-state index in [0.717, 1.165) is 0 Å². The second-order valence-corrected chi connectivity index (χ2v) is 12.0. The summed E-state index contributed by atoms with van der Waals surface area (Å²) in [5.74, 6) is -10.6. The standard InChI is InChI=1S/C38H24O7/c39-25-17-13-21-11-15-23(19-7-3-1-4-8-19)29-27(21)31(25)33-34-32-26(40)18-14-22-12-16-24(20-9-5-2-6-10-20)30(28(22)32)36(42)38(34,44)45-37(33,43)35(29)41/h1-18,33-34,39-40,43-44H/t33-,34+,37-,38+. The molecule has 1 fully saturated rings. The van der Waals surface area contributed by atoms with E-state index in [2.05, 4.69) is 0 Å². The van der Waals surface area contributed by atoms with E-state index in [1.807, 2.05) is 72.8 Å². The molecule has 0 saturated carbocycles. The van der Waals surface area contributed by atoms with Crippen molar-refractivity contribution >= 4 is 33.1 Å². The molecular weight excluding hydrogens is 568 g/mol. The first-order valence-corrected chi connectivity index (χ1v) is 14.7. The molecule has 0 radical (unpaired) electrons. The van der Waals surface area contributed by atoms with Gasteiger partial charge < -0.3 is 25.2 Å². The Morgan fingerprint density at radius 1 is 0.511 bits per heavy atom. The van der Waals surface area contributed by atoms with E-state index in [9.17, 15) is 30.0 Å². The van der Waals surface area contributed by atoms with E-state index >= 15 is 0 Å². The molecule has 0 bridgehead atoms. The zero-order valence-electron chi connectivity index (χ0n) is 23.6. The smallest absolute Gasteiger partial charge is 0.242 e. The number of carbonyl (C=O) groups excluding carboxylic acids is 2. The number of rotatable bonds is 2. The molecule has 7 nitrogen and oxygen atoms in total. The van der Waals surface area contributed by atoms with Crippen LogP contribution in [0.2, 0.25) is 0 Å². The van der Waals surface area contributed by atoms with E-state index < -0.39 is 35.0 Å². The monoisotopic (exact) mass is 592 g/mol. The minimum Gasteiger partial charge on any atom is -0.508 e. The lowest BCUT2D eigenvalue weighted by molar-refractivity contribution is -0.246. The van der Waals surface area contributed by atoms with Gasteiger partial charge in [0.05, 0.1) is 11.8 Å². The van der Waals surface area contributed by atoms with Gasteiger partial charge in [0.1, 0.15) is 11.5 Å². The summed E-state index contributed by atoms with van der Waals surface area (Å²) in [5.41, 5.74) is 2.96. The van der Waals surface area contributed by atoms with Crippen LogP contribution in [-0.4, -0.2) is 43.6 Å². The highest BCUT2D eigenvalue weighted by molar-refractivity contribution is 6.23. The summed E-state index contributed by atoms with van der Waals surface area (Å²) in [6, 6.07) is 31.8. The molecule has 218 valence electrons. The quantitative estimate of drug-likeness (QED) is 0.183. The zero-order valence-corrected chi connectivity index (χ0v) is 23.6. The molecule has 9 rings (SSSR count). The topological polar surface area (TPSA) is 124 Å². The first kappa shape index (κ1) is 26.1. The summed E-state index contributed by atoms with van der Waals surface area (Å²) in [4.78, 5) is 29.3. The predicted molar refractivity (Wildman–Crippen MR) is 167 cm³/mol. The molecule has 45 heavy (non-hydrogen) atoms. The molecule has 6 aromatic rings. The number of carbonyl (C=O) groups is 2. The largest absolute Gasteiger partial charge is 0.508 e. The number of Topliss-reactive ketones (excluding diaryl/α,β-unsaturated/α-hetero) is 2. The van der Waals surface area contributed by atoms with Crippen LogP contribution in [0.3, 0.4) is 0 Å². The van der Waals surface area contributed by atoms with Crippen LogP contribution in [0.25, 0.3) is 43.8 Å². The fraction of sp³-hybridized carbons (Fsp3) is 0.105. The van der Waals surface area contributed by atoms with Gasteiger partial charge in [-0.1, -0.05) is 97.1 Å². The average Bonchev–Trinajstić information content (AvgIpc) is 3.32. The number of aliphatic hydroxyl groups is 2. The predicted octanol–water partition coefficient (Wildman–Crippen LogP) is 6.41. The van der Waals surface area contributed by atoms with Gasteiger partial charge in [-0.15, -0.1) is 0 Å². The van der Waals surface area contributed by atoms with Crippen LogP contribution < -0.4 is 0 Å². The third kappa shape index (κ3) is 3.14. The fourth-order valence-electron chi connectivity index (χ4n) is 7.96. The number of hydrogen-bond donors (Lipinski definition) is 4. The summed E-state index contributed by atoms with van der Waals surface area (Å²) < 4.78 is 6.03. The van der Waals surface area contributed by atoms with Crippen LogP contribution in [-0.2, 0) is 4.74 Å². The van der Waals surface area contributed by atoms with Crippen LogP contribution in [0, 0.1) is 0 Å². The van der Waals surface area contributed by atoms with Gasteiger partial charge in [0.25, 0.3) is 0 Å². The highest BCUT2D eigenvalue weighted by atomic mass is 16.7. The van der Waals surface area contributed by atoms with E-state index in [-0.39, 0.29) is 33.8 Å². The van der Waals surface area contributed by atoms with Crippen molar-refractivity contribution < 1.29 is 34.8 Å². The second kappa shape index (κ2) is 8.64. The van der Waals surface area contributed by atoms with Crippen molar-refractivity contribution in [3.8, 4) is 33.8 Å². The molecule has 3 aliphatic rings. The lowest BCUT2D eigenvalue weighted by Gasteiger charge is -2.37. The minimum atomic E-state index is -2.76. The number of fused-ring (bicyclic) bond motifs is 5. The molecule has 0 aromatic heterocycles. The van der Waals surface area contributed by atoms with Gasteiger partial charge in [0.15, 0.2) is 0 Å². The van der Waals surface area contributed by atoms with Crippen LogP contribution in [0.4, 0.5) is 0 Å². The Balaban J connectivity index is 1.40. The molecule has 0 unspecified atom stereocenters. The number of ether oxygens (including phenoxy) is 1. The van der Waals surface area contributed by atoms with Crippen molar-refractivity contribution in [3.05, 3.63) is 131 Å². The summed E-state index contributed by atoms with van der Waals surface area (Å²) in [6.45, 7) is 0. The van der Waals surface area contributed by atoms with Crippen LogP contribution >= 0.6 is 0 Å². The van der Waals surface area contributed by atoms with Crippen molar-refractivity contribution in [2.24, 2.45) is 0 Å². The van der Waals surface area contributed by atoms with Crippen LogP contribution in [0.5, 0.6) is 11.5 Å². The third-order valence-electron chi connectivity index (χ3n) is 9.79. The average molecular weight is 593 g/mol. The van der Waals surface area contributed by atoms with Crippen molar-refractivity contribution in [2.75, 3.05) is 0 Å². The van der Waals surface area contributed by atoms with Gasteiger partial charge >= 0.3 is 0 Å². The fourth-order valence-corrected chi connectivity index (χ4v) is 7.96. The molecular formula is C38H24O7. The van der Waals surface area contributed by atoms with Crippen molar-refractivity contribution in [2.45, 2.75) is 23.4 Å². The Labute approximate surface area is 256 Å². The van der Waals surface area contributed by atoms with E-state index in [1.54, 1.807) is 24.3 Å². The van der Waals surface area contributed by atoms with Gasteiger partial charge in [-0.25, -0.2) is 0 Å². The van der Waals surface area contributed by atoms with Gasteiger partial charge in [-0.05, 0) is 45.2 Å².